The van der Waals surface area contributed by atoms with E-state index in [1.807, 2.05) is 0 Å². The molecule has 0 radical (unpaired) electrons. The zero-order valence-corrected chi connectivity index (χ0v) is 12.5. The Morgan fingerprint density at radius 2 is 2.10 bits per heavy atom. The van der Waals surface area contributed by atoms with Crippen LogP contribution in [-0.4, -0.2) is 25.0 Å². The lowest BCUT2D eigenvalue weighted by Gasteiger charge is -2.11. The lowest BCUT2D eigenvalue weighted by atomic mass is 10.3. The third kappa shape index (κ3) is 4.19. The van der Waals surface area contributed by atoms with Crippen molar-refractivity contribution in [2.24, 2.45) is 0 Å². The van der Waals surface area contributed by atoms with Crippen molar-refractivity contribution in [3.8, 4) is 11.5 Å². The molecule has 0 aromatic heterocycles. The number of methoxy groups -OCH3 is 1. The van der Waals surface area contributed by atoms with Gasteiger partial charge in [-0.15, -0.1) is 0 Å². The standard InChI is InChI=1S/C13H13BrF2O4/c1-3-19-11(17)6-8(7-14)20-13-9(15)4-5-10(18-2)12(13)16/h4-6H,3,7H2,1-2H3/b8-6-. The van der Waals surface area contributed by atoms with Crippen LogP contribution in [0.2, 0.25) is 0 Å². The third-order valence-electron chi connectivity index (χ3n) is 2.16. The minimum Gasteiger partial charge on any atom is -0.494 e. The van der Waals surface area contributed by atoms with Gasteiger partial charge in [-0.05, 0) is 19.1 Å². The molecule has 0 aliphatic rings. The van der Waals surface area contributed by atoms with Crippen molar-refractivity contribution < 1.29 is 27.8 Å². The first-order chi connectivity index (χ1) is 9.53. The maximum atomic E-state index is 13.9. The molecule has 7 heteroatoms. The van der Waals surface area contributed by atoms with E-state index in [0.29, 0.717) is 0 Å². The number of alkyl halides is 1. The highest BCUT2D eigenvalue weighted by molar-refractivity contribution is 9.09. The Morgan fingerprint density at radius 3 is 2.65 bits per heavy atom. The molecular weight excluding hydrogens is 338 g/mol. The maximum absolute atomic E-state index is 13.9. The fourth-order valence-corrected chi connectivity index (χ4v) is 1.58. The van der Waals surface area contributed by atoms with Gasteiger partial charge in [0, 0.05) is 0 Å². The summed E-state index contributed by atoms with van der Waals surface area (Å²) in [4.78, 5) is 11.3. The molecule has 0 N–H and O–H groups in total. The summed E-state index contributed by atoms with van der Waals surface area (Å²) in [5.41, 5.74) is 0. The molecule has 110 valence electrons. The number of benzene rings is 1. The van der Waals surface area contributed by atoms with E-state index in [1.54, 1.807) is 6.92 Å². The first kappa shape index (κ1) is 16.4. The van der Waals surface area contributed by atoms with Gasteiger partial charge in [-0.3, -0.25) is 0 Å². The van der Waals surface area contributed by atoms with E-state index in [0.717, 1.165) is 18.2 Å². The van der Waals surface area contributed by atoms with Gasteiger partial charge < -0.3 is 14.2 Å². The van der Waals surface area contributed by atoms with Crippen LogP contribution in [0.3, 0.4) is 0 Å². The molecule has 0 aliphatic carbocycles. The summed E-state index contributed by atoms with van der Waals surface area (Å²) in [6.07, 6.45) is 1.01. The number of esters is 1. The predicted octanol–water partition coefficient (Wildman–Crippen LogP) is 3.19. The Labute approximate surface area is 123 Å². The number of halogens is 3. The third-order valence-corrected chi connectivity index (χ3v) is 2.72. The van der Waals surface area contributed by atoms with Crippen LogP contribution in [0.1, 0.15) is 6.92 Å². The molecule has 4 nitrogen and oxygen atoms in total. The zero-order valence-electron chi connectivity index (χ0n) is 10.9. The molecule has 1 aromatic carbocycles. The second-order valence-corrected chi connectivity index (χ2v) is 4.05. The summed E-state index contributed by atoms with van der Waals surface area (Å²) in [6, 6.07) is 2.15. The number of allylic oxidation sites excluding steroid dienone is 1. The molecule has 0 unspecified atom stereocenters. The predicted molar refractivity (Wildman–Crippen MR) is 72.0 cm³/mol. The number of carbonyl (C=O) groups is 1. The SMILES string of the molecule is CCOC(=O)/C=C(/CBr)Oc1c(F)ccc(OC)c1F. The lowest BCUT2D eigenvalue weighted by molar-refractivity contribution is -0.137. The molecule has 0 spiro atoms. The topological polar surface area (TPSA) is 44.8 Å². The van der Waals surface area contributed by atoms with Gasteiger partial charge in [-0.1, -0.05) is 15.9 Å². The Bertz CT molecular complexity index is 517. The molecule has 0 bridgehead atoms. The Balaban J connectivity index is 3.04. The fourth-order valence-electron chi connectivity index (χ4n) is 1.31. The van der Waals surface area contributed by atoms with E-state index in [-0.39, 0.29) is 23.4 Å². The minimum absolute atomic E-state index is 0.00880. The van der Waals surface area contributed by atoms with Crippen molar-refractivity contribution in [2.75, 3.05) is 19.0 Å². The monoisotopic (exact) mass is 350 g/mol. The fraction of sp³-hybridized carbons (Fsp3) is 0.308. The summed E-state index contributed by atoms with van der Waals surface area (Å²) in [5, 5.41) is 0.0852. The van der Waals surface area contributed by atoms with E-state index in [4.69, 9.17) is 9.47 Å². The molecule has 1 rings (SSSR count). The molecule has 0 heterocycles. The smallest absolute Gasteiger partial charge is 0.334 e. The van der Waals surface area contributed by atoms with Crippen molar-refractivity contribution in [2.45, 2.75) is 6.92 Å². The minimum atomic E-state index is -0.983. The van der Waals surface area contributed by atoms with Gasteiger partial charge in [-0.25, -0.2) is 9.18 Å². The Morgan fingerprint density at radius 1 is 1.40 bits per heavy atom. The van der Waals surface area contributed by atoms with Gasteiger partial charge in [0.2, 0.25) is 11.6 Å². The van der Waals surface area contributed by atoms with Crippen LogP contribution in [0.25, 0.3) is 0 Å². The van der Waals surface area contributed by atoms with Crippen molar-refractivity contribution >= 4 is 21.9 Å². The summed E-state index contributed by atoms with van der Waals surface area (Å²) >= 11 is 3.06. The van der Waals surface area contributed by atoms with E-state index in [9.17, 15) is 13.6 Å². The molecular formula is C13H13BrF2O4. The quantitative estimate of drug-likeness (QED) is 0.342. The number of carbonyl (C=O) groups excluding carboxylic acids is 1. The van der Waals surface area contributed by atoms with E-state index in [1.165, 1.54) is 7.11 Å². The van der Waals surface area contributed by atoms with Gasteiger partial charge in [0.1, 0.15) is 5.76 Å². The zero-order chi connectivity index (χ0) is 15.1. The molecule has 20 heavy (non-hydrogen) atoms. The van der Waals surface area contributed by atoms with Gasteiger partial charge in [-0.2, -0.15) is 4.39 Å². The second kappa shape index (κ2) is 7.84. The van der Waals surface area contributed by atoms with Crippen LogP contribution in [0.4, 0.5) is 8.78 Å². The highest BCUT2D eigenvalue weighted by Crippen LogP contribution is 2.30. The Kier molecular flexibility index (Phi) is 6.44. The van der Waals surface area contributed by atoms with Crippen LogP contribution >= 0.6 is 15.9 Å². The van der Waals surface area contributed by atoms with Gasteiger partial charge in [0.25, 0.3) is 0 Å². The highest BCUT2D eigenvalue weighted by Gasteiger charge is 2.17. The first-order valence-electron chi connectivity index (χ1n) is 5.66. The normalized spacial score (nSPS) is 11.2. The van der Waals surface area contributed by atoms with Crippen molar-refractivity contribution in [3.05, 3.63) is 35.6 Å². The van der Waals surface area contributed by atoms with Gasteiger partial charge in [0.05, 0.1) is 25.1 Å². The molecule has 0 atom stereocenters. The molecule has 0 aliphatic heterocycles. The summed E-state index contributed by atoms with van der Waals surface area (Å²) in [7, 11) is 1.25. The molecule has 0 saturated carbocycles. The molecule has 0 saturated heterocycles. The largest absolute Gasteiger partial charge is 0.494 e. The summed E-state index contributed by atoms with van der Waals surface area (Å²) in [5.74, 6) is -3.34. The number of ether oxygens (including phenoxy) is 3. The van der Waals surface area contributed by atoms with Gasteiger partial charge in [0.15, 0.2) is 11.6 Å². The van der Waals surface area contributed by atoms with Gasteiger partial charge >= 0.3 is 5.97 Å². The molecule has 1 aromatic rings. The second-order valence-electron chi connectivity index (χ2n) is 3.49. The van der Waals surface area contributed by atoms with E-state index in [2.05, 4.69) is 20.7 Å². The van der Waals surface area contributed by atoms with Crippen molar-refractivity contribution in [1.29, 1.82) is 0 Å². The van der Waals surface area contributed by atoms with Crippen LogP contribution in [0.5, 0.6) is 11.5 Å². The first-order valence-corrected chi connectivity index (χ1v) is 6.78. The van der Waals surface area contributed by atoms with E-state index >= 15 is 0 Å². The van der Waals surface area contributed by atoms with Crippen molar-refractivity contribution in [1.82, 2.24) is 0 Å². The molecule has 0 amide bonds. The lowest BCUT2D eigenvalue weighted by Crippen LogP contribution is -2.07. The van der Waals surface area contributed by atoms with Crippen LogP contribution in [0, 0.1) is 11.6 Å². The van der Waals surface area contributed by atoms with E-state index < -0.39 is 23.4 Å². The average Bonchev–Trinajstić information content (AvgIpc) is 2.42. The average molecular weight is 351 g/mol. The Hall–Kier alpha value is -1.63. The molecule has 0 fully saturated rings. The van der Waals surface area contributed by atoms with Crippen LogP contribution in [0.15, 0.2) is 24.0 Å². The van der Waals surface area contributed by atoms with Crippen LogP contribution < -0.4 is 9.47 Å². The van der Waals surface area contributed by atoms with Crippen molar-refractivity contribution in [3.63, 3.8) is 0 Å². The summed E-state index contributed by atoms with van der Waals surface area (Å²) in [6.45, 7) is 1.83. The number of hydrogen-bond acceptors (Lipinski definition) is 4. The number of hydrogen-bond donors (Lipinski definition) is 0. The maximum Gasteiger partial charge on any atom is 0.334 e. The summed E-state index contributed by atoms with van der Waals surface area (Å²) < 4.78 is 41.9. The number of rotatable bonds is 6. The highest BCUT2D eigenvalue weighted by atomic mass is 79.9. The van der Waals surface area contributed by atoms with Crippen LogP contribution in [-0.2, 0) is 9.53 Å².